The smallest absolute Gasteiger partial charge is 0.0736 e. The fraction of sp³-hybridized carbons (Fsp3) is 1.00. The molecular formula is C4H8N2. The minimum atomic E-state index is 0.463. The molecule has 3 unspecified atom stereocenters. The van der Waals surface area contributed by atoms with Gasteiger partial charge in [0.2, 0.25) is 0 Å². The number of rotatable bonds is 0. The molecule has 0 aromatic heterocycles. The van der Waals surface area contributed by atoms with Gasteiger partial charge in [0.25, 0.3) is 0 Å². The monoisotopic (exact) mass is 84.1 g/mol. The van der Waals surface area contributed by atoms with Crippen LogP contribution in [0.25, 0.3) is 0 Å². The molecular weight excluding hydrogens is 76.1 g/mol. The Kier molecular flexibility index (Phi) is 0.316. The van der Waals surface area contributed by atoms with Crippen molar-refractivity contribution >= 4 is 0 Å². The van der Waals surface area contributed by atoms with Crippen LogP contribution in [0.4, 0.5) is 0 Å². The second kappa shape index (κ2) is 0.634. The van der Waals surface area contributed by atoms with Gasteiger partial charge in [0.1, 0.15) is 0 Å². The third kappa shape index (κ3) is 0.150. The van der Waals surface area contributed by atoms with E-state index in [2.05, 4.69) is 4.90 Å². The molecule has 0 aliphatic carbocycles. The Bertz CT molecular complexity index is 64.9. The predicted octanol–water partition coefficient (Wildman–Crippen LogP) is -0.641. The number of hydrogen-bond donors (Lipinski definition) is 1. The molecule has 0 amide bonds. The quantitative estimate of drug-likeness (QED) is 0.395. The molecule has 0 bridgehead atoms. The Balaban J connectivity index is 2.11. The molecule has 0 saturated carbocycles. The largest absolute Gasteiger partial charge is 0.314 e. The summed E-state index contributed by atoms with van der Waals surface area (Å²) in [6, 6.07) is 0.810. The summed E-state index contributed by atoms with van der Waals surface area (Å²) in [5, 5.41) is 0. The van der Waals surface area contributed by atoms with E-state index in [1.54, 1.807) is 0 Å². The first kappa shape index (κ1) is 2.99. The van der Waals surface area contributed by atoms with E-state index in [1.807, 2.05) is 0 Å². The van der Waals surface area contributed by atoms with E-state index < -0.39 is 0 Å². The molecule has 0 radical (unpaired) electrons. The highest BCUT2D eigenvalue weighted by molar-refractivity contribution is 5.06. The highest BCUT2D eigenvalue weighted by Gasteiger charge is 2.51. The van der Waals surface area contributed by atoms with Gasteiger partial charge in [-0.25, -0.2) is 0 Å². The Morgan fingerprint density at radius 3 is 2.33 bits per heavy atom. The molecule has 2 nitrogen and oxygen atoms in total. The Morgan fingerprint density at radius 2 is 2.33 bits per heavy atom. The summed E-state index contributed by atoms with van der Waals surface area (Å²) in [5.41, 5.74) is 5.50. The standard InChI is InChI=1S/C4H8N2/c5-4-3-1-2-6(3)4/h3-4H,1-2,5H2. The number of fused-ring (bicyclic) bond motifs is 1. The van der Waals surface area contributed by atoms with Gasteiger partial charge in [-0.05, 0) is 6.42 Å². The van der Waals surface area contributed by atoms with Crippen molar-refractivity contribution in [2.75, 3.05) is 6.54 Å². The zero-order valence-corrected chi connectivity index (χ0v) is 3.59. The van der Waals surface area contributed by atoms with Gasteiger partial charge >= 0.3 is 0 Å². The van der Waals surface area contributed by atoms with Crippen LogP contribution in [0.15, 0.2) is 0 Å². The van der Waals surface area contributed by atoms with Crippen LogP contribution in [0.3, 0.4) is 0 Å². The molecule has 34 valence electrons. The van der Waals surface area contributed by atoms with Gasteiger partial charge in [-0.2, -0.15) is 0 Å². The predicted molar refractivity (Wildman–Crippen MR) is 23.1 cm³/mol. The number of hydrogen-bond acceptors (Lipinski definition) is 2. The molecule has 2 N–H and O–H groups in total. The van der Waals surface area contributed by atoms with Crippen LogP contribution in [0.2, 0.25) is 0 Å². The molecule has 2 rings (SSSR count). The van der Waals surface area contributed by atoms with Crippen molar-refractivity contribution in [2.45, 2.75) is 18.6 Å². The summed E-state index contributed by atoms with van der Waals surface area (Å²) in [7, 11) is 0. The summed E-state index contributed by atoms with van der Waals surface area (Å²) >= 11 is 0. The molecule has 2 aliphatic heterocycles. The molecule has 2 heterocycles. The van der Waals surface area contributed by atoms with Crippen LogP contribution >= 0.6 is 0 Å². The molecule has 0 spiro atoms. The fourth-order valence-electron chi connectivity index (χ4n) is 1.10. The normalized spacial score (nSPS) is 62.5. The first-order chi connectivity index (χ1) is 2.89. The summed E-state index contributed by atoms with van der Waals surface area (Å²) in [5.74, 6) is 0. The van der Waals surface area contributed by atoms with Gasteiger partial charge in [-0.1, -0.05) is 0 Å². The highest BCUT2D eigenvalue weighted by atomic mass is 15.5. The topological polar surface area (TPSA) is 29.0 Å². The molecule has 2 aliphatic rings. The fourth-order valence-corrected chi connectivity index (χ4v) is 1.10. The summed E-state index contributed by atoms with van der Waals surface area (Å²) in [4.78, 5) is 2.29. The van der Waals surface area contributed by atoms with Crippen molar-refractivity contribution in [3.8, 4) is 0 Å². The van der Waals surface area contributed by atoms with E-state index in [9.17, 15) is 0 Å². The Labute approximate surface area is 36.9 Å². The molecule has 2 saturated heterocycles. The zero-order valence-electron chi connectivity index (χ0n) is 3.59. The molecule has 2 heteroatoms. The third-order valence-corrected chi connectivity index (χ3v) is 1.80. The first-order valence-corrected chi connectivity index (χ1v) is 2.41. The van der Waals surface area contributed by atoms with E-state index in [0.29, 0.717) is 6.17 Å². The van der Waals surface area contributed by atoms with Crippen molar-refractivity contribution < 1.29 is 0 Å². The number of nitrogens with two attached hydrogens (primary N) is 1. The van der Waals surface area contributed by atoms with Crippen molar-refractivity contribution in [1.82, 2.24) is 4.90 Å². The van der Waals surface area contributed by atoms with Crippen molar-refractivity contribution in [3.05, 3.63) is 0 Å². The minimum Gasteiger partial charge on any atom is -0.314 e. The second-order valence-corrected chi connectivity index (χ2v) is 2.08. The molecule has 6 heavy (non-hydrogen) atoms. The Morgan fingerprint density at radius 1 is 1.67 bits per heavy atom. The van der Waals surface area contributed by atoms with Crippen molar-refractivity contribution in [2.24, 2.45) is 5.73 Å². The maximum absolute atomic E-state index is 5.50. The zero-order chi connectivity index (χ0) is 4.15. The number of nitrogens with zero attached hydrogens (tertiary/aromatic N) is 1. The average Bonchev–Trinajstić information content (AvgIpc) is 1.63. The minimum absolute atomic E-state index is 0.463. The van der Waals surface area contributed by atoms with Gasteiger partial charge in [0.15, 0.2) is 0 Å². The second-order valence-electron chi connectivity index (χ2n) is 2.08. The Hall–Kier alpha value is -0.0800. The van der Waals surface area contributed by atoms with Gasteiger partial charge in [-0.3, -0.25) is 4.90 Å². The van der Waals surface area contributed by atoms with E-state index >= 15 is 0 Å². The van der Waals surface area contributed by atoms with Crippen LogP contribution in [-0.4, -0.2) is 23.7 Å². The average molecular weight is 84.1 g/mol. The van der Waals surface area contributed by atoms with Crippen molar-refractivity contribution in [1.29, 1.82) is 0 Å². The van der Waals surface area contributed by atoms with Gasteiger partial charge in [0, 0.05) is 12.6 Å². The molecule has 3 atom stereocenters. The van der Waals surface area contributed by atoms with E-state index in [-0.39, 0.29) is 0 Å². The maximum Gasteiger partial charge on any atom is 0.0736 e. The van der Waals surface area contributed by atoms with Crippen LogP contribution in [0.1, 0.15) is 6.42 Å². The summed E-state index contributed by atoms with van der Waals surface area (Å²) < 4.78 is 0. The lowest BCUT2D eigenvalue weighted by molar-refractivity contribution is 0.373. The van der Waals surface area contributed by atoms with Crippen molar-refractivity contribution in [3.63, 3.8) is 0 Å². The lowest BCUT2D eigenvalue weighted by atomic mass is 10.2. The lowest BCUT2D eigenvalue weighted by Crippen LogP contribution is -2.16. The van der Waals surface area contributed by atoms with Crippen LogP contribution < -0.4 is 5.73 Å². The maximum atomic E-state index is 5.50. The van der Waals surface area contributed by atoms with Crippen LogP contribution in [0, 0.1) is 0 Å². The highest BCUT2D eigenvalue weighted by Crippen LogP contribution is 2.35. The van der Waals surface area contributed by atoms with Gasteiger partial charge in [0.05, 0.1) is 6.17 Å². The van der Waals surface area contributed by atoms with E-state index in [1.165, 1.54) is 13.0 Å². The molecule has 0 aromatic carbocycles. The third-order valence-electron chi connectivity index (χ3n) is 1.80. The SMILES string of the molecule is NC1C2CCN12. The van der Waals surface area contributed by atoms with Crippen LogP contribution in [0.5, 0.6) is 0 Å². The lowest BCUT2D eigenvalue weighted by Gasteiger charge is -2.08. The molecule has 2 fully saturated rings. The molecule has 0 aromatic rings. The summed E-state index contributed by atoms with van der Waals surface area (Å²) in [6.07, 6.45) is 1.81. The van der Waals surface area contributed by atoms with E-state index in [0.717, 1.165) is 6.04 Å². The van der Waals surface area contributed by atoms with E-state index in [4.69, 9.17) is 5.73 Å². The van der Waals surface area contributed by atoms with Gasteiger partial charge < -0.3 is 5.73 Å². The first-order valence-electron chi connectivity index (χ1n) is 2.41. The van der Waals surface area contributed by atoms with Crippen LogP contribution in [-0.2, 0) is 0 Å². The van der Waals surface area contributed by atoms with Gasteiger partial charge in [-0.15, -0.1) is 0 Å². The summed E-state index contributed by atoms with van der Waals surface area (Å²) in [6.45, 7) is 1.26.